The zero-order valence-electron chi connectivity index (χ0n) is 14.5. The van der Waals surface area contributed by atoms with Gasteiger partial charge >= 0.3 is 0 Å². The Labute approximate surface area is 146 Å². The first-order chi connectivity index (χ1) is 12.1. The molecule has 128 valence electrons. The number of benzene rings is 1. The summed E-state index contributed by atoms with van der Waals surface area (Å²) in [6, 6.07) is 14.9. The molecule has 0 aliphatic rings. The Kier molecular flexibility index (Phi) is 4.98. The summed E-state index contributed by atoms with van der Waals surface area (Å²) in [6.07, 6.45) is 1.63. The molecule has 0 bridgehead atoms. The van der Waals surface area contributed by atoms with Crippen molar-refractivity contribution in [1.29, 1.82) is 0 Å². The molecule has 1 N–H and O–H groups in total. The van der Waals surface area contributed by atoms with E-state index in [9.17, 15) is 9.59 Å². The second kappa shape index (κ2) is 7.34. The molecule has 0 fully saturated rings. The van der Waals surface area contributed by atoms with Gasteiger partial charge < -0.3 is 9.40 Å². The lowest BCUT2D eigenvalue weighted by Crippen LogP contribution is -2.13. The highest BCUT2D eigenvalue weighted by Crippen LogP contribution is 2.25. The Morgan fingerprint density at radius 1 is 1.12 bits per heavy atom. The minimum absolute atomic E-state index is 0.0519. The summed E-state index contributed by atoms with van der Waals surface area (Å²) in [7, 11) is 0. The monoisotopic (exact) mass is 335 g/mol. The van der Waals surface area contributed by atoms with Crippen LogP contribution in [0.5, 0.6) is 0 Å². The van der Waals surface area contributed by atoms with Gasteiger partial charge in [-0.05, 0) is 31.5 Å². The van der Waals surface area contributed by atoms with E-state index in [1.807, 2.05) is 62.4 Å². The number of pyridine rings is 1. The molecular formula is C21H21NO3. The first kappa shape index (κ1) is 17.0. The lowest BCUT2D eigenvalue weighted by molar-refractivity contribution is 0.0981. The number of carbonyl (C=O) groups excluding carboxylic acids is 1. The molecule has 1 aromatic carbocycles. The number of aromatic amines is 1. The summed E-state index contributed by atoms with van der Waals surface area (Å²) in [6.45, 7) is 3.81. The van der Waals surface area contributed by atoms with E-state index in [-0.39, 0.29) is 11.3 Å². The summed E-state index contributed by atoms with van der Waals surface area (Å²) < 4.78 is 5.90. The molecule has 3 rings (SSSR count). The zero-order chi connectivity index (χ0) is 17.8. The molecular weight excluding hydrogens is 314 g/mol. The maximum absolute atomic E-state index is 12.2. The third-order valence-electron chi connectivity index (χ3n) is 4.32. The second-order valence-electron chi connectivity index (χ2n) is 6.07. The van der Waals surface area contributed by atoms with E-state index in [0.717, 1.165) is 28.1 Å². The summed E-state index contributed by atoms with van der Waals surface area (Å²) in [5.74, 6) is 1.58. The molecule has 2 aromatic heterocycles. The number of H-pyrrole nitrogens is 1. The number of hydrogen-bond donors (Lipinski definition) is 1. The van der Waals surface area contributed by atoms with E-state index < -0.39 is 0 Å². The molecule has 0 radical (unpaired) electrons. The maximum atomic E-state index is 12.2. The largest absolute Gasteiger partial charge is 0.461 e. The van der Waals surface area contributed by atoms with Crippen molar-refractivity contribution in [1.82, 2.24) is 4.98 Å². The van der Waals surface area contributed by atoms with Crippen molar-refractivity contribution in [2.75, 3.05) is 0 Å². The summed E-state index contributed by atoms with van der Waals surface area (Å²) in [5, 5.41) is 0. The van der Waals surface area contributed by atoms with Gasteiger partial charge in [-0.1, -0.05) is 37.3 Å². The molecule has 0 saturated heterocycles. The van der Waals surface area contributed by atoms with E-state index >= 15 is 0 Å². The lowest BCUT2D eigenvalue weighted by Gasteiger charge is -2.05. The molecule has 0 unspecified atom stereocenters. The van der Waals surface area contributed by atoms with Gasteiger partial charge in [-0.3, -0.25) is 9.59 Å². The molecule has 0 atom stereocenters. The van der Waals surface area contributed by atoms with Gasteiger partial charge in [0.1, 0.15) is 11.5 Å². The minimum atomic E-state index is -0.0519. The van der Waals surface area contributed by atoms with Crippen LogP contribution in [0.2, 0.25) is 0 Å². The van der Waals surface area contributed by atoms with Crippen molar-refractivity contribution >= 4 is 5.78 Å². The molecule has 0 aliphatic heterocycles. The van der Waals surface area contributed by atoms with Gasteiger partial charge in [-0.25, -0.2) is 0 Å². The summed E-state index contributed by atoms with van der Waals surface area (Å²) in [5.41, 5.74) is 3.07. The molecule has 0 amide bonds. The predicted octanol–water partition coefficient (Wildman–Crippen LogP) is 4.32. The molecule has 0 saturated carbocycles. The summed E-state index contributed by atoms with van der Waals surface area (Å²) in [4.78, 5) is 26.9. The number of rotatable bonds is 6. The van der Waals surface area contributed by atoms with Crippen LogP contribution in [0.3, 0.4) is 0 Å². The van der Waals surface area contributed by atoms with Crippen LogP contribution in [0.25, 0.3) is 11.3 Å². The second-order valence-corrected chi connectivity index (χ2v) is 6.07. The van der Waals surface area contributed by atoms with Crippen LogP contribution in [0, 0.1) is 6.92 Å². The van der Waals surface area contributed by atoms with Gasteiger partial charge in [-0.15, -0.1) is 0 Å². The van der Waals surface area contributed by atoms with Crippen LogP contribution in [0.15, 0.2) is 57.7 Å². The van der Waals surface area contributed by atoms with Crippen molar-refractivity contribution in [3.05, 3.63) is 81.5 Å². The van der Waals surface area contributed by atoms with E-state index in [1.54, 1.807) is 0 Å². The summed E-state index contributed by atoms with van der Waals surface area (Å²) >= 11 is 0. The Balaban J connectivity index is 1.75. The van der Waals surface area contributed by atoms with Crippen molar-refractivity contribution in [3.63, 3.8) is 0 Å². The van der Waals surface area contributed by atoms with E-state index in [2.05, 4.69) is 4.98 Å². The standard InChI is InChI=1S/C21H21NO3/c1-3-15-13-18(14(2)22-21(15)24)20-12-10-17(25-20)9-11-19(23)16-7-5-4-6-8-16/h4-8,10,12-13H,3,9,11H2,1-2H3,(H,22,24). The van der Waals surface area contributed by atoms with Gasteiger partial charge in [0.2, 0.25) is 0 Å². The molecule has 4 heteroatoms. The van der Waals surface area contributed by atoms with E-state index in [1.165, 1.54) is 0 Å². The third kappa shape index (κ3) is 3.79. The van der Waals surface area contributed by atoms with Crippen molar-refractivity contribution in [2.24, 2.45) is 0 Å². The molecule has 0 aliphatic carbocycles. The number of hydrogen-bond acceptors (Lipinski definition) is 3. The van der Waals surface area contributed by atoms with Gasteiger partial charge in [0, 0.05) is 35.2 Å². The number of furan rings is 1. The van der Waals surface area contributed by atoms with Crippen LogP contribution < -0.4 is 5.56 Å². The van der Waals surface area contributed by atoms with Crippen LogP contribution in [0.1, 0.15) is 40.7 Å². The van der Waals surface area contributed by atoms with Crippen LogP contribution in [-0.4, -0.2) is 10.8 Å². The number of aryl methyl sites for hydroxylation is 3. The Morgan fingerprint density at radius 2 is 1.88 bits per heavy atom. The Morgan fingerprint density at radius 3 is 2.60 bits per heavy atom. The van der Waals surface area contributed by atoms with E-state index in [4.69, 9.17) is 4.42 Å². The quantitative estimate of drug-likeness (QED) is 0.682. The highest BCUT2D eigenvalue weighted by molar-refractivity contribution is 5.96. The number of Topliss-reactive ketones (excluding diaryl/α,β-unsaturated/α-hetero) is 1. The zero-order valence-corrected chi connectivity index (χ0v) is 14.5. The molecule has 0 spiro atoms. The van der Waals surface area contributed by atoms with Crippen LogP contribution >= 0.6 is 0 Å². The molecule has 4 nitrogen and oxygen atoms in total. The fourth-order valence-corrected chi connectivity index (χ4v) is 2.85. The molecule has 25 heavy (non-hydrogen) atoms. The van der Waals surface area contributed by atoms with Gasteiger partial charge in [0.05, 0.1) is 0 Å². The third-order valence-corrected chi connectivity index (χ3v) is 4.32. The van der Waals surface area contributed by atoms with E-state index in [0.29, 0.717) is 25.0 Å². The number of nitrogens with one attached hydrogen (secondary N) is 1. The SMILES string of the molecule is CCc1cc(-c2ccc(CCC(=O)c3ccccc3)o2)c(C)[nH]c1=O. The van der Waals surface area contributed by atoms with Crippen molar-refractivity contribution < 1.29 is 9.21 Å². The van der Waals surface area contributed by atoms with Crippen molar-refractivity contribution in [2.45, 2.75) is 33.1 Å². The Hall–Kier alpha value is -2.88. The molecule has 3 aromatic rings. The van der Waals surface area contributed by atoms with Crippen LogP contribution in [0.4, 0.5) is 0 Å². The number of ketones is 1. The number of carbonyl (C=O) groups is 1. The Bertz CT molecular complexity index is 935. The van der Waals surface area contributed by atoms with Gasteiger partial charge in [-0.2, -0.15) is 0 Å². The maximum Gasteiger partial charge on any atom is 0.251 e. The fraction of sp³-hybridized carbons (Fsp3) is 0.238. The topological polar surface area (TPSA) is 63.1 Å². The first-order valence-electron chi connectivity index (χ1n) is 8.48. The van der Waals surface area contributed by atoms with Gasteiger partial charge in [0.15, 0.2) is 5.78 Å². The first-order valence-corrected chi connectivity index (χ1v) is 8.48. The van der Waals surface area contributed by atoms with Crippen molar-refractivity contribution in [3.8, 4) is 11.3 Å². The minimum Gasteiger partial charge on any atom is -0.461 e. The highest BCUT2D eigenvalue weighted by Gasteiger charge is 2.12. The molecule has 2 heterocycles. The highest BCUT2D eigenvalue weighted by atomic mass is 16.3. The fourth-order valence-electron chi connectivity index (χ4n) is 2.85. The smallest absolute Gasteiger partial charge is 0.251 e. The lowest BCUT2D eigenvalue weighted by atomic mass is 10.1. The van der Waals surface area contributed by atoms with Crippen LogP contribution in [-0.2, 0) is 12.8 Å². The predicted molar refractivity (Wildman–Crippen MR) is 98.0 cm³/mol. The average molecular weight is 335 g/mol. The average Bonchev–Trinajstić information content (AvgIpc) is 3.09. The van der Waals surface area contributed by atoms with Gasteiger partial charge in [0.25, 0.3) is 5.56 Å². The number of aromatic nitrogens is 1. The normalized spacial score (nSPS) is 10.8.